The van der Waals surface area contributed by atoms with Gasteiger partial charge in [-0.15, -0.1) is 0 Å². The average molecular weight is 367 g/mol. The Morgan fingerprint density at radius 2 is 1.62 bits per heavy atom. The Morgan fingerprint density at radius 3 is 2.31 bits per heavy atom. The standard InChI is InChI=1S/C19H14N2O.CO2.ClH/c20-13-6-8-15-17(10-13)22-18-11-14(21)7-9-16(18)19(15)12-4-2-1-3-5-12;2-1-3;/h1-11,20H,21H2;;1H. The molecule has 0 fully saturated rings. The summed E-state index contributed by atoms with van der Waals surface area (Å²) in [6, 6.07) is 21.8. The molecule has 1 aliphatic heterocycles. The van der Waals surface area contributed by atoms with Gasteiger partial charge < -0.3 is 22.6 Å². The predicted molar refractivity (Wildman–Crippen MR) is 92.8 cm³/mol. The van der Waals surface area contributed by atoms with E-state index in [9.17, 15) is 0 Å². The van der Waals surface area contributed by atoms with E-state index in [2.05, 4.69) is 12.1 Å². The number of nitrogens with two attached hydrogens (primary N) is 2. The molecule has 1 aliphatic carbocycles. The van der Waals surface area contributed by atoms with Crippen molar-refractivity contribution in [1.82, 2.24) is 0 Å². The van der Waals surface area contributed by atoms with Crippen molar-refractivity contribution in [3.05, 3.63) is 72.1 Å². The number of hydrogen-bond donors (Lipinski definition) is 2. The van der Waals surface area contributed by atoms with Crippen molar-refractivity contribution in [2.45, 2.75) is 0 Å². The van der Waals surface area contributed by atoms with Crippen LogP contribution in [0.25, 0.3) is 33.4 Å². The molecule has 0 atom stereocenters. The van der Waals surface area contributed by atoms with Gasteiger partial charge in [0.2, 0.25) is 0 Å². The van der Waals surface area contributed by atoms with Crippen molar-refractivity contribution in [3.8, 4) is 22.5 Å². The molecule has 0 bridgehead atoms. The zero-order valence-electron chi connectivity index (χ0n) is 13.6. The molecule has 1 heterocycles. The average Bonchev–Trinajstić information content (AvgIpc) is 2.61. The predicted octanol–water partition coefficient (Wildman–Crippen LogP) is -1.13. The Balaban J connectivity index is 0.000000570. The van der Waals surface area contributed by atoms with E-state index in [1.807, 2.05) is 54.6 Å². The van der Waals surface area contributed by atoms with Crippen LogP contribution in [0.3, 0.4) is 0 Å². The van der Waals surface area contributed by atoms with Crippen LogP contribution in [-0.2, 0) is 9.59 Å². The molecule has 0 spiro atoms. The third-order valence-electron chi connectivity index (χ3n) is 3.83. The lowest BCUT2D eigenvalue weighted by Crippen LogP contribution is -3.00. The Bertz CT molecular complexity index is 1100. The summed E-state index contributed by atoms with van der Waals surface area (Å²) in [7, 11) is 0. The molecule has 26 heavy (non-hydrogen) atoms. The van der Waals surface area contributed by atoms with Gasteiger partial charge in [-0.1, -0.05) is 30.3 Å². The number of anilines is 1. The second kappa shape index (κ2) is 8.12. The third-order valence-corrected chi connectivity index (χ3v) is 3.83. The number of rotatable bonds is 1. The molecular weight excluding hydrogens is 352 g/mol. The van der Waals surface area contributed by atoms with Crippen molar-refractivity contribution < 1.29 is 31.8 Å². The summed E-state index contributed by atoms with van der Waals surface area (Å²) in [6.07, 6.45) is 0.250. The highest BCUT2D eigenvalue weighted by Gasteiger charge is 2.17. The van der Waals surface area contributed by atoms with Gasteiger partial charge in [0.25, 0.3) is 0 Å². The maximum absolute atomic E-state index is 8.12. The van der Waals surface area contributed by atoms with Crippen LogP contribution < -0.4 is 28.9 Å². The minimum atomic E-state index is 0. The van der Waals surface area contributed by atoms with Crippen molar-refractivity contribution >= 4 is 22.8 Å². The highest BCUT2D eigenvalue weighted by Crippen LogP contribution is 2.39. The molecule has 5 nitrogen and oxygen atoms in total. The second-order valence-electron chi connectivity index (χ2n) is 5.44. The van der Waals surface area contributed by atoms with E-state index in [4.69, 9.17) is 25.1 Å². The van der Waals surface area contributed by atoms with E-state index in [0.29, 0.717) is 11.0 Å². The lowest BCUT2D eigenvalue weighted by Gasteiger charge is -2.14. The molecule has 4 N–H and O–H groups in total. The number of halogens is 1. The zero-order chi connectivity index (χ0) is 17.8. The highest BCUT2D eigenvalue weighted by molar-refractivity contribution is 6.02. The number of nitrogen functional groups attached to an aromatic ring is 1. The number of fused-ring (bicyclic) bond motifs is 2. The molecular formula is C20H15ClN2O3. The Hall–Kier alpha value is -3.40. The van der Waals surface area contributed by atoms with Gasteiger partial charge in [-0.05, 0) is 23.8 Å². The lowest BCUT2D eigenvalue weighted by atomic mass is 9.94. The molecule has 0 radical (unpaired) electrons. The first-order chi connectivity index (χ1) is 12.1. The second-order valence-corrected chi connectivity index (χ2v) is 5.44. The van der Waals surface area contributed by atoms with Crippen LogP contribution in [0.15, 0.2) is 71.1 Å². The van der Waals surface area contributed by atoms with E-state index in [0.717, 1.165) is 33.4 Å². The van der Waals surface area contributed by atoms with E-state index in [1.165, 1.54) is 0 Å². The van der Waals surface area contributed by atoms with Crippen LogP contribution >= 0.6 is 0 Å². The maximum atomic E-state index is 8.12. The summed E-state index contributed by atoms with van der Waals surface area (Å²) >= 11 is 0. The van der Waals surface area contributed by atoms with Gasteiger partial charge in [-0.2, -0.15) is 9.59 Å². The minimum absolute atomic E-state index is 0. The van der Waals surface area contributed by atoms with Gasteiger partial charge in [0.15, 0.2) is 5.36 Å². The van der Waals surface area contributed by atoms with Crippen molar-refractivity contribution in [1.29, 1.82) is 0 Å². The largest absolute Gasteiger partial charge is 1.00 e. The quantitative estimate of drug-likeness (QED) is 0.329. The summed E-state index contributed by atoms with van der Waals surface area (Å²) in [5, 5.41) is 7.62. The first-order valence-corrected chi connectivity index (χ1v) is 7.53. The molecule has 0 saturated heterocycles. The molecule has 0 aromatic heterocycles. The van der Waals surface area contributed by atoms with E-state index >= 15 is 0 Å². The van der Waals surface area contributed by atoms with Crippen LogP contribution in [-0.4, -0.2) is 6.15 Å². The number of hydrogen-bond acceptors (Lipinski definition) is 4. The van der Waals surface area contributed by atoms with E-state index in [-0.39, 0.29) is 18.6 Å². The van der Waals surface area contributed by atoms with Crippen molar-refractivity contribution in [2.75, 3.05) is 5.73 Å². The third kappa shape index (κ3) is 3.64. The van der Waals surface area contributed by atoms with Crippen LogP contribution in [0, 0.1) is 0 Å². The molecule has 2 aliphatic rings. The SMILES string of the molecule is Nc1ccc2c(-c3ccccc3)c3ccc(=[NH2+])cc-3oc2c1.O=C=O.[Cl-]. The topological polar surface area (TPSA) is 98.9 Å². The first-order valence-electron chi connectivity index (χ1n) is 7.53. The summed E-state index contributed by atoms with van der Waals surface area (Å²) in [6.45, 7) is 0. The molecule has 0 amide bonds. The molecule has 4 rings (SSSR count). The molecule has 130 valence electrons. The van der Waals surface area contributed by atoms with Gasteiger partial charge in [-0.3, -0.25) is 5.41 Å². The maximum Gasteiger partial charge on any atom is 0.373 e. The monoisotopic (exact) mass is 366 g/mol. The molecule has 0 saturated carbocycles. The van der Waals surface area contributed by atoms with Crippen LogP contribution in [0.5, 0.6) is 0 Å². The van der Waals surface area contributed by atoms with Gasteiger partial charge in [-0.25, -0.2) is 0 Å². The number of benzene rings is 3. The Labute approximate surface area is 155 Å². The fourth-order valence-corrected chi connectivity index (χ4v) is 2.84. The van der Waals surface area contributed by atoms with Crippen LogP contribution in [0.1, 0.15) is 0 Å². The smallest absolute Gasteiger partial charge is 0.373 e. The summed E-state index contributed by atoms with van der Waals surface area (Å²) in [4.78, 5) is 16.2. The molecule has 2 aromatic rings. The highest BCUT2D eigenvalue weighted by atomic mass is 35.5. The van der Waals surface area contributed by atoms with Gasteiger partial charge in [0.05, 0.1) is 6.07 Å². The minimum Gasteiger partial charge on any atom is -1.00 e. The molecule has 0 unspecified atom stereocenters. The van der Waals surface area contributed by atoms with Gasteiger partial charge in [0, 0.05) is 34.3 Å². The number of carbonyl (C=O) groups excluding carboxylic acids is 2. The fourth-order valence-electron chi connectivity index (χ4n) is 2.84. The Kier molecular flexibility index (Phi) is 5.91. The summed E-state index contributed by atoms with van der Waals surface area (Å²) < 4.78 is 6.01. The first kappa shape index (κ1) is 18.9. The molecule has 6 heteroatoms. The van der Waals surface area contributed by atoms with Gasteiger partial charge in [0.1, 0.15) is 11.3 Å². The Morgan fingerprint density at radius 1 is 0.923 bits per heavy atom. The van der Waals surface area contributed by atoms with E-state index < -0.39 is 0 Å². The van der Waals surface area contributed by atoms with Crippen molar-refractivity contribution in [3.63, 3.8) is 0 Å². The fraction of sp³-hybridized carbons (Fsp3) is 0. The van der Waals surface area contributed by atoms with E-state index in [1.54, 1.807) is 0 Å². The summed E-state index contributed by atoms with van der Waals surface area (Å²) in [5.41, 5.74) is 10.7. The lowest BCUT2D eigenvalue weighted by molar-refractivity contribution is -0.191. The van der Waals surface area contributed by atoms with Crippen LogP contribution in [0.2, 0.25) is 0 Å². The molecule has 2 aromatic carbocycles. The zero-order valence-corrected chi connectivity index (χ0v) is 14.4. The van der Waals surface area contributed by atoms with Gasteiger partial charge >= 0.3 is 6.15 Å². The normalized spacial score (nSPS) is 9.69. The van der Waals surface area contributed by atoms with Crippen LogP contribution in [0.4, 0.5) is 5.69 Å². The van der Waals surface area contributed by atoms with Crippen molar-refractivity contribution in [2.24, 2.45) is 0 Å². The summed E-state index contributed by atoms with van der Waals surface area (Å²) in [5.74, 6) is 0.761.